The van der Waals surface area contributed by atoms with E-state index in [1.807, 2.05) is 33.3 Å². The van der Waals surface area contributed by atoms with Crippen LogP contribution in [0.3, 0.4) is 0 Å². The summed E-state index contributed by atoms with van der Waals surface area (Å²) in [6.07, 6.45) is 5.40. The molecule has 0 amide bonds. The van der Waals surface area contributed by atoms with Gasteiger partial charge in [-0.25, -0.2) is 4.99 Å². The first-order chi connectivity index (χ1) is 14.0. The van der Waals surface area contributed by atoms with Crippen LogP contribution in [-0.4, -0.2) is 42.0 Å². The highest BCUT2D eigenvalue weighted by Crippen LogP contribution is 2.27. The molecule has 9 heteroatoms. The molecule has 0 spiro atoms. The Morgan fingerprint density at radius 3 is 2.76 bits per heavy atom. The Balaban J connectivity index is 2.03. The first-order valence-electron chi connectivity index (χ1n) is 9.72. The lowest BCUT2D eigenvalue weighted by Crippen LogP contribution is -2.38. The highest BCUT2D eigenvalue weighted by molar-refractivity contribution is 5.79. The van der Waals surface area contributed by atoms with Gasteiger partial charge < -0.3 is 20.1 Å². The molecule has 0 radical (unpaired) electrons. The second-order valence-corrected chi connectivity index (χ2v) is 6.39. The molecule has 0 aliphatic rings. The Labute approximate surface area is 170 Å². The van der Waals surface area contributed by atoms with Crippen LogP contribution < -0.4 is 20.1 Å². The van der Waals surface area contributed by atoms with Gasteiger partial charge in [-0.05, 0) is 37.5 Å². The lowest BCUT2D eigenvalue weighted by molar-refractivity contribution is -0.0505. The summed E-state index contributed by atoms with van der Waals surface area (Å²) < 4.78 is 37.5. The number of aryl methyl sites for hydroxylation is 1. The van der Waals surface area contributed by atoms with E-state index in [1.165, 1.54) is 6.07 Å². The first-order valence-corrected chi connectivity index (χ1v) is 9.72. The fourth-order valence-electron chi connectivity index (χ4n) is 2.61. The number of halogens is 2. The number of guanidine groups is 1. The van der Waals surface area contributed by atoms with E-state index >= 15 is 0 Å². The molecule has 2 aromatic rings. The van der Waals surface area contributed by atoms with Crippen LogP contribution in [0.4, 0.5) is 8.78 Å². The molecular weight excluding hydrogens is 380 g/mol. The fourth-order valence-corrected chi connectivity index (χ4v) is 2.61. The number of benzene rings is 1. The molecule has 0 bridgehead atoms. The van der Waals surface area contributed by atoms with Crippen LogP contribution in [0, 0.1) is 0 Å². The number of aromatic nitrogens is 2. The molecule has 0 saturated carbocycles. The largest absolute Gasteiger partial charge is 0.493 e. The standard InChI is InChI=1S/C20H29F2N5O2/c1-4-10-28-17-7-6-16(18(11-17)29-19(21)22)13-25-20(23-5-2)24-9-8-15-12-26-27(3)14-15/h6-7,11-12,14,19H,4-5,8-10,13H2,1-3H3,(H2,23,24,25). The van der Waals surface area contributed by atoms with Crippen molar-refractivity contribution >= 4 is 5.96 Å². The van der Waals surface area contributed by atoms with Crippen molar-refractivity contribution in [3.63, 3.8) is 0 Å². The second-order valence-electron chi connectivity index (χ2n) is 6.39. The fraction of sp³-hybridized carbons (Fsp3) is 0.500. The Hall–Kier alpha value is -2.84. The monoisotopic (exact) mass is 409 g/mol. The van der Waals surface area contributed by atoms with Gasteiger partial charge >= 0.3 is 6.61 Å². The van der Waals surface area contributed by atoms with Crippen LogP contribution in [0.25, 0.3) is 0 Å². The molecule has 0 fully saturated rings. The molecule has 0 atom stereocenters. The molecule has 1 aromatic carbocycles. The van der Waals surface area contributed by atoms with Crippen LogP contribution in [0.2, 0.25) is 0 Å². The molecule has 0 unspecified atom stereocenters. The van der Waals surface area contributed by atoms with E-state index in [0.717, 1.165) is 18.4 Å². The quantitative estimate of drug-likeness (QED) is 0.441. The Morgan fingerprint density at radius 1 is 1.28 bits per heavy atom. The minimum atomic E-state index is -2.91. The smallest absolute Gasteiger partial charge is 0.387 e. The third-order valence-corrected chi connectivity index (χ3v) is 3.94. The van der Waals surface area contributed by atoms with Gasteiger partial charge in [0, 0.05) is 38.0 Å². The third-order valence-electron chi connectivity index (χ3n) is 3.94. The predicted molar refractivity (Wildman–Crippen MR) is 109 cm³/mol. The number of ether oxygens (including phenoxy) is 2. The van der Waals surface area contributed by atoms with Crippen molar-refractivity contribution in [2.24, 2.45) is 12.0 Å². The number of aliphatic imine (C=N–C) groups is 1. The van der Waals surface area contributed by atoms with Crippen molar-refractivity contribution in [1.29, 1.82) is 0 Å². The van der Waals surface area contributed by atoms with Gasteiger partial charge in [0.25, 0.3) is 0 Å². The Kier molecular flexibility index (Phi) is 9.20. The van der Waals surface area contributed by atoms with Crippen molar-refractivity contribution in [2.45, 2.75) is 39.8 Å². The maximum atomic E-state index is 12.8. The van der Waals surface area contributed by atoms with E-state index in [-0.39, 0.29) is 12.3 Å². The summed E-state index contributed by atoms with van der Waals surface area (Å²) in [5.41, 5.74) is 1.67. The van der Waals surface area contributed by atoms with Crippen molar-refractivity contribution < 1.29 is 18.3 Å². The predicted octanol–water partition coefficient (Wildman–Crippen LogP) is 3.11. The molecular formula is C20H29F2N5O2. The maximum absolute atomic E-state index is 12.8. The number of alkyl halides is 2. The molecule has 0 saturated heterocycles. The van der Waals surface area contributed by atoms with Crippen molar-refractivity contribution in [3.8, 4) is 11.5 Å². The SMILES string of the molecule is CCCOc1ccc(CN=C(NCC)NCCc2cnn(C)c2)c(OC(F)F)c1. The average molecular weight is 409 g/mol. The maximum Gasteiger partial charge on any atom is 0.387 e. The number of nitrogens with one attached hydrogen (secondary N) is 2. The van der Waals surface area contributed by atoms with Crippen LogP contribution in [0.5, 0.6) is 11.5 Å². The molecule has 160 valence electrons. The van der Waals surface area contributed by atoms with Crippen molar-refractivity contribution in [1.82, 2.24) is 20.4 Å². The van der Waals surface area contributed by atoms with Gasteiger partial charge in [0.15, 0.2) is 5.96 Å². The molecule has 29 heavy (non-hydrogen) atoms. The normalized spacial score (nSPS) is 11.6. The highest BCUT2D eigenvalue weighted by Gasteiger charge is 2.12. The lowest BCUT2D eigenvalue weighted by Gasteiger charge is -2.14. The second kappa shape index (κ2) is 11.9. The Morgan fingerprint density at radius 2 is 2.10 bits per heavy atom. The highest BCUT2D eigenvalue weighted by atomic mass is 19.3. The van der Waals surface area contributed by atoms with Crippen LogP contribution in [0.15, 0.2) is 35.6 Å². The number of hydrogen-bond donors (Lipinski definition) is 2. The molecule has 2 N–H and O–H groups in total. The van der Waals surface area contributed by atoms with E-state index in [0.29, 0.717) is 37.0 Å². The summed E-state index contributed by atoms with van der Waals surface area (Å²) >= 11 is 0. The molecule has 1 heterocycles. The van der Waals surface area contributed by atoms with Gasteiger partial charge in [-0.3, -0.25) is 4.68 Å². The van der Waals surface area contributed by atoms with Crippen LogP contribution >= 0.6 is 0 Å². The van der Waals surface area contributed by atoms with E-state index in [1.54, 1.807) is 16.8 Å². The lowest BCUT2D eigenvalue weighted by atomic mass is 10.2. The zero-order chi connectivity index (χ0) is 21.1. The van der Waals surface area contributed by atoms with Gasteiger partial charge in [-0.2, -0.15) is 13.9 Å². The summed E-state index contributed by atoms with van der Waals surface area (Å²) in [4.78, 5) is 4.49. The molecule has 0 aliphatic carbocycles. The molecule has 0 aliphatic heterocycles. The molecule has 2 rings (SSSR count). The van der Waals surface area contributed by atoms with Gasteiger partial charge in [0.2, 0.25) is 0 Å². The summed E-state index contributed by atoms with van der Waals surface area (Å²) in [6.45, 7) is 3.08. The Bertz CT molecular complexity index is 780. The minimum Gasteiger partial charge on any atom is -0.493 e. The first kappa shape index (κ1) is 22.4. The van der Waals surface area contributed by atoms with Gasteiger partial charge in [0.05, 0.1) is 19.3 Å². The van der Waals surface area contributed by atoms with Crippen LogP contribution in [-0.2, 0) is 20.0 Å². The van der Waals surface area contributed by atoms with Crippen molar-refractivity contribution in [3.05, 3.63) is 41.7 Å². The molecule has 1 aromatic heterocycles. The van der Waals surface area contributed by atoms with Gasteiger partial charge in [-0.1, -0.05) is 6.92 Å². The minimum absolute atomic E-state index is 0.0727. The number of nitrogens with zero attached hydrogens (tertiary/aromatic N) is 3. The summed E-state index contributed by atoms with van der Waals surface area (Å²) in [5.74, 6) is 1.17. The topological polar surface area (TPSA) is 72.7 Å². The van der Waals surface area contributed by atoms with Gasteiger partial charge in [-0.15, -0.1) is 0 Å². The summed E-state index contributed by atoms with van der Waals surface area (Å²) in [7, 11) is 1.88. The summed E-state index contributed by atoms with van der Waals surface area (Å²) in [5, 5.41) is 10.5. The zero-order valence-corrected chi connectivity index (χ0v) is 17.1. The molecule has 7 nitrogen and oxygen atoms in total. The number of rotatable bonds is 11. The van der Waals surface area contributed by atoms with Crippen molar-refractivity contribution in [2.75, 3.05) is 19.7 Å². The summed E-state index contributed by atoms with van der Waals surface area (Å²) in [6, 6.07) is 4.92. The van der Waals surface area contributed by atoms with E-state index in [9.17, 15) is 8.78 Å². The number of hydrogen-bond acceptors (Lipinski definition) is 4. The zero-order valence-electron chi connectivity index (χ0n) is 17.1. The van der Waals surface area contributed by atoms with E-state index in [4.69, 9.17) is 4.74 Å². The third kappa shape index (κ3) is 7.97. The van der Waals surface area contributed by atoms with Gasteiger partial charge in [0.1, 0.15) is 11.5 Å². The van der Waals surface area contributed by atoms with E-state index in [2.05, 4.69) is 25.5 Å². The average Bonchev–Trinajstić information content (AvgIpc) is 3.10. The van der Waals surface area contributed by atoms with Crippen LogP contribution in [0.1, 0.15) is 31.4 Å². The van der Waals surface area contributed by atoms with E-state index < -0.39 is 6.61 Å².